The lowest BCUT2D eigenvalue weighted by Gasteiger charge is -2.15. The van der Waals surface area contributed by atoms with Gasteiger partial charge in [-0.1, -0.05) is 6.92 Å². The quantitative estimate of drug-likeness (QED) is 0.501. The van der Waals surface area contributed by atoms with Crippen LogP contribution in [-0.4, -0.2) is 35.7 Å². The maximum atomic E-state index is 9.26. The molecule has 2 nitrogen and oxygen atoms in total. The fourth-order valence-corrected chi connectivity index (χ4v) is 1.25. The van der Waals surface area contributed by atoms with Gasteiger partial charge in [-0.2, -0.15) is 0 Å². The van der Waals surface area contributed by atoms with Crippen molar-refractivity contribution in [3.05, 3.63) is 6.92 Å². The molecule has 1 aliphatic rings. The first-order chi connectivity index (χ1) is 4.13. The fraction of sp³-hybridized carbons (Fsp3) is 0.857. The van der Waals surface area contributed by atoms with Crippen molar-refractivity contribution >= 4 is 0 Å². The molecule has 1 rings (SSSR count). The highest BCUT2D eigenvalue weighted by Gasteiger charge is 2.32. The van der Waals surface area contributed by atoms with Crippen molar-refractivity contribution in [2.24, 2.45) is 5.92 Å². The SMILES string of the molecule is [CH2]C1C(C)C(O)CN1C. The maximum absolute atomic E-state index is 9.26. The second-order valence-corrected chi connectivity index (χ2v) is 2.93. The van der Waals surface area contributed by atoms with Crippen molar-refractivity contribution in [2.75, 3.05) is 13.6 Å². The smallest absolute Gasteiger partial charge is 0.0707 e. The van der Waals surface area contributed by atoms with Gasteiger partial charge in [0.25, 0.3) is 0 Å². The summed E-state index contributed by atoms with van der Waals surface area (Å²) < 4.78 is 0. The van der Waals surface area contributed by atoms with Gasteiger partial charge < -0.3 is 10.0 Å². The Labute approximate surface area is 56.5 Å². The van der Waals surface area contributed by atoms with E-state index < -0.39 is 0 Å². The van der Waals surface area contributed by atoms with Gasteiger partial charge in [-0.05, 0) is 19.9 Å². The monoisotopic (exact) mass is 128 g/mol. The molecule has 1 aliphatic heterocycles. The molecule has 1 radical (unpaired) electrons. The lowest BCUT2D eigenvalue weighted by molar-refractivity contribution is 0.149. The van der Waals surface area contributed by atoms with Crippen LogP contribution in [0.2, 0.25) is 0 Å². The van der Waals surface area contributed by atoms with Crippen LogP contribution in [-0.2, 0) is 0 Å². The lowest BCUT2D eigenvalue weighted by atomic mass is 10.0. The fourth-order valence-electron chi connectivity index (χ4n) is 1.25. The number of rotatable bonds is 0. The molecular formula is C7H14NO. The Morgan fingerprint density at radius 2 is 2.22 bits per heavy atom. The molecule has 0 bridgehead atoms. The molecule has 0 saturated carbocycles. The number of nitrogens with zero attached hydrogens (tertiary/aromatic N) is 1. The van der Waals surface area contributed by atoms with E-state index in [4.69, 9.17) is 0 Å². The number of likely N-dealkylation sites (tertiary alicyclic amines) is 1. The van der Waals surface area contributed by atoms with E-state index in [1.165, 1.54) is 0 Å². The van der Waals surface area contributed by atoms with Crippen molar-refractivity contribution in [2.45, 2.75) is 19.1 Å². The third-order valence-corrected chi connectivity index (χ3v) is 2.26. The predicted molar refractivity (Wildman–Crippen MR) is 36.9 cm³/mol. The molecule has 0 aliphatic carbocycles. The summed E-state index contributed by atoms with van der Waals surface area (Å²) in [4.78, 5) is 2.08. The number of aliphatic hydroxyl groups is 1. The van der Waals surface area contributed by atoms with Crippen LogP contribution >= 0.6 is 0 Å². The van der Waals surface area contributed by atoms with Crippen molar-refractivity contribution in [1.29, 1.82) is 0 Å². The summed E-state index contributed by atoms with van der Waals surface area (Å²) in [5.41, 5.74) is 0. The van der Waals surface area contributed by atoms with E-state index in [1.54, 1.807) is 0 Å². The largest absolute Gasteiger partial charge is 0.391 e. The average molecular weight is 128 g/mol. The Kier molecular flexibility index (Phi) is 1.78. The summed E-state index contributed by atoms with van der Waals surface area (Å²) >= 11 is 0. The molecule has 0 spiro atoms. The molecule has 3 unspecified atom stereocenters. The standard InChI is InChI=1S/C7H14NO/c1-5-6(2)8(3)4-7(5)9/h5-7,9H,2,4H2,1,3H3. The van der Waals surface area contributed by atoms with E-state index in [0.717, 1.165) is 6.54 Å². The maximum Gasteiger partial charge on any atom is 0.0707 e. The molecule has 3 atom stereocenters. The summed E-state index contributed by atoms with van der Waals surface area (Å²) in [7, 11) is 1.99. The van der Waals surface area contributed by atoms with Crippen molar-refractivity contribution in [1.82, 2.24) is 4.90 Å². The van der Waals surface area contributed by atoms with E-state index in [0.29, 0.717) is 12.0 Å². The van der Waals surface area contributed by atoms with Gasteiger partial charge in [0.05, 0.1) is 6.10 Å². The molecular weight excluding hydrogens is 114 g/mol. The molecule has 1 fully saturated rings. The van der Waals surface area contributed by atoms with E-state index in [2.05, 4.69) is 11.8 Å². The summed E-state index contributed by atoms with van der Waals surface area (Å²) in [5, 5.41) is 9.26. The van der Waals surface area contributed by atoms with Crippen molar-refractivity contribution < 1.29 is 5.11 Å². The van der Waals surface area contributed by atoms with E-state index >= 15 is 0 Å². The molecule has 0 aromatic carbocycles. The van der Waals surface area contributed by atoms with Crippen LogP contribution in [0.5, 0.6) is 0 Å². The van der Waals surface area contributed by atoms with Gasteiger partial charge in [0, 0.05) is 12.6 Å². The summed E-state index contributed by atoms with van der Waals surface area (Å²) in [6.07, 6.45) is -0.169. The Morgan fingerprint density at radius 1 is 1.67 bits per heavy atom. The van der Waals surface area contributed by atoms with E-state index in [1.807, 2.05) is 14.0 Å². The minimum atomic E-state index is -0.169. The topological polar surface area (TPSA) is 23.5 Å². The van der Waals surface area contributed by atoms with Gasteiger partial charge in [-0.25, -0.2) is 0 Å². The Bertz CT molecular complexity index is 93.1. The van der Waals surface area contributed by atoms with E-state index in [-0.39, 0.29) is 6.10 Å². The summed E-state index contributed by atoms with van der Waals surface area (Å²) in [6.45, 7) is 6.72. The Morgan fingerprint density at radius 3 is 2.33 bits per heavy atom. The third-order valence-electron chi connectivity index (χ3n) is 2.26. The van der Waals surface area contributed by atoms with Gasteiger partial charge in [0.15, 0.2) is 0 Å². The molecule has 1 saturated heterocycles. The highest BCUT2D eigenvalue weighted by molar-refractivity contribution is 4.90. The first kappa shape index (κ1) is 7.03. The first-order valence-electron chi connectivity index (χ1n) is 3.34. The van der Waals surface area contributed by atoms with Crippen molar-refractivity contribution in [3.63, 3.8) is 0 Å². The number of β-amino-alcohol motifs (C(OH)–C–C–N with tert-alkyl or cyclic N) is 1. The number of likely N-dealkylation sites (N-methyl/N-ethyl adjacent to an activating group) is 1. The van der Waals surface area contributed by atoms with Crippen LogP contribution in [0.1, 0.15) is 6.92 Å². The molecule has 2 heteroatoms. The van der Waals surface area contributed by atoms with Crippen LogP contribution in [0, 0.1) is 12.8 Å². The number of hydrogen-bond donors (Lipinski definition) is 1. The molecule has 0 aromatic rings. The second-order valence-electron chi connectivity index (χ2n) is 2.93. The normalized spacial score (nSPS) is 46.0. The van der Waals surface area contributed by atoms with Gasteiger partial charge in [0.2, 0.25) is 0 Å². The average Bonchev–Trinajstić information content (AvgIpc) is 1.98. The van der Waals surface area contributed by atoms with Gasteiger partial charge in [0.1, 0.15) is 0 Å². The van der Waals surface area contributed by atoms with E-state index in [9.17, 15) is 5.11 Å². The minimum Gasteiger partial charge on any atom is -0.391 e. The van der Waals surface area contributed by atoms with Crippen LogP contribution in [0.15, 0.2) is 0 Å². The molecule has 9 heavy (non-hydrogen) atoms. The lowest BCUT2D eigenvalue weighted by Crippen LogP contribution is -2.24. The minimum absolute atomic E-state index is 0.169. The Hall–Kier alpha value is -0.0800. The Balaban J connectivity index is 2.54. The first-order valence-corrected chi connectivity index (χ1v) is 3.34. The van der Waals surface area contributed by atoms with Gasteiger partial charge in [-0.3, -0.25) is 0 Å². The van der Waals surface area contributed by atoms with Gasteiger partial charge in [-0.15, -0.1) is 0 Å². The molecule has 1 heterocycles. The molecule has 0 aromatic heterocycles. The molecule has 0 amide bonds. The molecule has 1 N–H and O–H groups in total. The van der Waals surface area contributed by atoms with Gasteiger partial charge >= 0.3 is 0 Å². The number of aliphatic hydroxyl groups excluding tert-OH is 1. The van der Waals surface area contributed by atoms with Crippen LogP contribution < -0.4 is 0 Å². The van der Waals surface area contributed by atoms with Crippen LogP contribution in [0.4, 0.5) is 0 Å². The summed E-state index contributed by atoms with van der Waals surface area (Å²) in [5.74, 6) is 0.329. The third kappa shape index (κ3) is 1.10. The zero-order chi connectivity index (χ0) is 7.02. The van der Waals surface area contributed by atoms with Crippen LogP contribution in [0.25, 0.3) is 0 Å². The zero-order valence-corrected chi connectivity index (χ0v) is 6.04. The molecule has 53 valence electrons. The predicted octanol–water partition coefficient (Wildman–Crippen LogP) is 0.131. The summed E-state index contributed by atoms with van der Waals surface area (Å²) in [6, 6.07) is 0.292. The zero-order valence-electron chi connectivity index (χ0n) is 6.04. The van der Waals surface area contributed by atoms with Crippen molar-refractivity contribution in [3.8, 4) is 0 Å². The second kappa shape index (κ2) is 2.27. The highest BCUT2D eigenvalue weighted by Crippen LogP contribution is 2.21. The highest BCUT2D eigenvalue weighted by atomic mass is 16.3. The number of hydrogen-bond acceptors (Lipinski definition) is 2. The van der Waals surface area contributed by atoms with Crippen LogP contribution in [0.3, 0.4) is 0 Å².